The number of carbonyl (C=O) groups is 4. The first kappa shape index (κ1) is 23.3. The Morgan fingerprint density at radius 2 is 1.71 bits per heavy atom. The fraction of sp³-hybridized carbons (Fsp3) is 0.444. The van der Waals surface area contributed by atoms with Gasteiger partial charge in [-0.25, -0.2) is 4.79 Å². The number of alkyl carbamates (subject to hydrolysis) is 1. The minimum absolute atomic E-state index is 0.205. The number of carbonyl (C=O) groups excluding carboxylic acids is 3. The average Bonchev–Trinajstić information content (AvgIpc) is 2.58. The van der Waals surface area contributed by atoms with Crippen LogP contribution in [0.4, 0.5) is 10.5 Å². The summed E-state index contributed by atoms with van der Waals surface area (Å²) in [7, 11) is 0. The Morgan fingerprint density at radius 1 is 1.07 bits per heavy atom. The summed E-state index contributed by atoms with van der Waals surface area (Å²) in [4.78, 5) is 45.5. The van der Waals surface area contributed by atoms with Crippen molar-refractivity contribution in [3.05, 3.63) is 29.8 Å². The maximum absolute atomic E-state index is 11.9. The van der Waals surface area contributed by atoms with E-state index in [2.05, 4.69) is 16.0 Å². The molecule has 0 radical (unpaired) electrons. The molecule has 0 aromatic heterocycles. The zero-order valence-corrected chi connectivity index (χ0v) is 16.9. The molecule has 0 aliphatic carbocycles. The van der Waals surface area contributed by atoms with E-state index in [4.69, 9.17) is 9.84 Å². The Morgan fingerprint density at radius 3 is 2.29 bits per heavy atom. The van der Waals surface area contributed by atoms with Crippen molar-refractivity contribution in [2.75, 3.05) is 29.9 Å². The molecule has 28 heavy (non-hydrogen) atoms. The number of rotatable bonds is 9. The number of hydrogen-bond acceptors (Lipinski definition) is 6. The Hall–Kier alpha value is -2.75. The number of thioether (sulfide) groups is 1. The molecule has 10 heteroatoms. The van der Waals surface area contributed by atoms with Crippen LogP contribution in [-0.4, -0.2) is 59.2 Å². The van der Waals surface area contributed by atoms with Gasteiger partial charge in [0.2, 0.25) is 5.91 Å². The molecule has 0 atom stereocenters. The predicted molar refractivity (Wildman–Crippen MR) is 107 cm³/mol. The third-order valence-corrected chi connectivity index (χ3v) is 3.94. The molecule has 0 unspecified atom stereocenters. The third-order valence-electron chi connectivity index (χ3n) is 2.98. The number of amides is 3. The van der Waals surface area contributed by atoms with E-state index < -0.39 is 30.1 Å². The second-order valence-electron chi connectivity index (χ2n) is 6.68. The van der Waals surface area contributed by atoms with Gasteiger partial charge in [0.1, 0.15) is 12.1 Å². The van der Waals surface area contributed by atoms with E-state index >= 15 is 0 Å². The lowest BCUT2D eigenvalue weighted by Gasteiger charge is -2.19. The van der Waals surface area contributed by atoms with E-state index in [1.165, 1.54) is 23.9 Å². The van der Waals surface area contributed by atoms with Crippen LogP contribution < -0.4 is 16.0 Å². The Kier molecular flexibility index (Phi) is 9.29. The molecule has 0 aliphatic rings. The number of benzene rings is 1. The van der Waals surface area contributed by atoms with Crippen molar-refractivity contribution in [1.29, 1.82) is 0 Å². The molecule has 1 rings (SSSR count). The van der Waals surface area contributed by atoms with E-state index in [0.717, 1.165) is 0 Å². The van der Waals surface area contributed by atoms with Crippen LogP contribution in [0.5, 0.6) is 0 Å². The Bertz CT molecular complexity index is 700. The molecule has 3 amide bonds. The SMILES string of the molecule is CC(C)(C)OC(=O)NCCSCC(=O)Nc1ccc(C(=O)NCC(=O)O)cc1. The van der Waals surface area contributed by atoms with Crippen LogP contribution in [0.15, 0.2) is 24.3 Å². The predicted octanol–water partition coefficient (Wildman–Crippen LogP) is 1.70. The first-order valence-corrected chi connectivity index (χ1v) is 9.67. The van der Waals surface area contributed by atoms with Gasteiger partial charge in [-0.3, -0.25) is 14.4 Å². The lowest BCUT2D eigenvalue weighted by atomic mass is 10.2. The van der Waals surface area contributed by atoms with Crippen LogP contribution in [0.25, 0.3) is 0 Å². The van der Waals surface area contributed by atoms with Crippen molar-refractivity contribution >= 4 is 41.3 Å². The van der Waals surface area contributed by atoms with Gasteiger partial charge in [-0.15, -0.1) is 0 Å². The van der Waals surface area contributed by atoms with Crippen molar-refractivity contribution in [2.24, 2.45) is 0 Å². The van der Waals surface area contributed by atoms with Gasteiger partial charge in [-0.2, -0.15) is 11.8 Å². The first-order valence-electron chi connectivity index (χ1n) is 8.51. The van der Waals surface area contributed by atoms with Crippen LogP contribution in [0, 0.1) is 0 Å². The molecule has 0 saturated carbocycles. The standard InChI is InChI=1S/C18H25N3O6S/c1-18(2,3)27-17(26)19-8-9-28-11-14(22)21-13-6-4-12(5-7-13)16(25)20-10-15(23)24/h4-7H,8-11H2,1-3H3,(H,19,26)(H,20,25)(H,21,22)(H,23,24). The Balaban J connectivity index is 2.27. The number of carboxylic acids is 1. The monoisotopic (exact) mass is 411 g/mol. The molecular formula is C18H25N3O6S. The highest BCUT2D eigenvalue weighted by atomic mass is 32.2. The van der Waals surface area contributed by atoms with E-state index in [-0.39, 0.29) is 11.7 Å². The summed E-state index contributed by atoms with van der Waals surface area (Å²) in [5.41, 5.74) is 0.262. The summed E-state index contributed by atoms with van der Waals surface area (Å²) in [5, 5.41) is 16.1. The molecule has 0 saturated heterocycles. The largest absolute Gasteiger partial charge is 0.480 e. The normalized spacial score (nSPS) is 10.7. The molecule has 0 heterocycles. The van der Waals surface area contributed by atoms with Crippen LogP contribution in [0.1, 0.15) is 31.1 Å². The fourth-order valence-electron chi connectivity index (χ4n) is 1.86. The first-order chi connectivity index (χ1) is 13.1. The zero-order chi connectivity index (χ0) is 21.2. The average molecular weight is 411 g/mol. The highest BCUT2D eigenvalue weighted by Gasteiger charge is 2.15. The second-order valence-corrected chi connectivity index (χ2v) is 7.79. The summed E-state index contributed by atoms with van der Waals surface area (Å²) in [6.07, 6.45) is -0.495. The van der Waals surface area contributed by atoms with Crippen molar-refractivity contribution < 1.29 is 29.0 Å². The molecule has 154 valence electrons. The fourth-order valence-corrected chi connectivity index (χ4v) is 2.51. The maximum Gasteiger partial charge on any atom is 0.407 e. The van der Waals surface area contributed by atoms with Gasteiger partial charge in [0.15, 0.2) is 0 Å². The molecule has 0 bridgehead atoms. The van der Waals surface area contributed by atoms with E-state index in [0.29, 0.717) is 23.5 Å². The van der Waals surface area contributed by atoms with Crippen LogP contribution in [-0.2, 0) is 14.3 Å². The summed E-state index contributed by atoms with van der Waals surface area (Å²) >= 11 is 1.36. The van der Waals surface area contributed by atoms with Gasteiger partial charge >= 0.3 is 12.1 Å². The maximum atomic E-state index is 11.9. The topological polar surface area (TPSA) is 134 Å². The lowest BCUT2D eigenvalue weighted by Crippen LogP contribution is -2.33. The van der Waals surface area contributed by atoms with Crippen molar-refractivity contribution in [3.8, 4) is 0 Å². The highest BCUT2D eigenvalue weighted by molar-refractivity contribution is 7.99. The van der Waals surface area contributed by atoms with Gasteiger partial charge < -0.3 is 25.8 Å². The number of aliphatic carboxylic acids is 1. The highest BCUT2D eigenvalue weighted by Crippen LogP contribution is 2.11. The van der Waals surface area contributed by atoms with Crippen molar-refractivity contribution in [2.45, 2.75) is 26.4 Å². The number of ether oxygens (including phenoxy) is 1. The van der Waals surface area contributed by atoms with Crippen LogP contribution in [0.2, 0.25) is 0 Å². The van der Waals surface area contributed by atoms with Gasteiger partial charge in [-0.1, -0.05) is 0 Å². The van der Waals surface area contributed by atoms with Gasteiger partial charge in [0, 0.05) is 23.5 Å². The molecule has 1 aromatic rings. The quantitative estimate of drug-likeness (QED) is 0.454. The smallest absolute Gasteiger partial charge is 0.407 e. The van der Waals surface area contributed by atoms with E-state index in [9.17, 15) is 19.2 Å². The van der Waals surface area contributed by atoms with Gasteiger partial charge in [0.05, 0.1) is 5.75 Å². The van der Waals surface area contributed by atoms with Crippen molar-refractivity contribution in [1.82, 2.24) is 10.6 Å². The molecule has 1 aromatic carbocycles. The molecule has 0 aliphatic heterocycles. The molecule has 4 N–H and O–H groups in total. The van der Waals surface area contributed by atoms with Gasteiger partial charge in [-0.05, 0) is 45.0 Å². The lowest BCUT2D eigenvalue weighted by molar-refractivity contribution is -0.135. The zero-order valence-electron chi connectivity index (χ0n) is 16.0. The minimum Gasteiger partial charge on any atom is -0.480 e. The number of anilines is 1. The summed E-state index contributed by atoms with van der Waals surface area (Å²) in [6, 6.07) is 6.10. The summed E-state index contributed by atoms with van der Waals surface area (Å²) < 4.78 is 5.10. The minimum atomic E-state index is -1.13. The van der Waals surface area contributed by atoms with Crippen molar-refractivity contribution in [3.63, 3.8) is 0 Å². The van der Waals surface area contributed by atoms with Crippen LogP contribution in [0.3, 0.4) is 0 Å². The molecule has 0 spiro atoms. The number of nitrogens with one attached hydrogen (secondary N) is 3. The number of hydrogen-bond donors (Lipinski definition) is 4. The van der Waals surface area contributed by atoms with Gasteiger partial charge in [0.25, 0.3) is 5.91 Å². The van der Waals surface area contributed by atoms with E-state index in [1.807, 2.05) is 0 Å². The van der Waals surface area contributed by atoms with E-state index in [1.54, 1.807) is 32.9 Å². The summed E-state index contributed by atoms with van der Waals surface area (Å²) in [6.45, 7) is 5.26. The molecule has 0 fully saturated rings. The summed E-state index contributed by atoms with van der Waals surface area (Å²) in [5.74, 6) is -1.10. The second kappa shape index (κ2) is 11.2. The van der Waals surface area contributed by atoms with Crippen LogP contribution >= 0.6 is 11.8 Å². The number of carboxylic acid groups (broad SMARTS) is 1. The third kappa shape index (κ3) is 10.4. The molecule has 9 nitrogen and oxygen atoms in total. The molecular weight excluding hydrogens is 386 g/mol. The Labute approximate surface area is 167 Å².